The molecule has 0 amide bonds. The molecule has 0 spiro atoms. The molecule has 0 aromatic carbocycles. The molecule has 1 N–H and O–H groups in total. The highest BCUT2D eigenvalue weighted by molar-refractivity contribution is 7.99. The lowest BCUT2D eigenvalue weighted by atomic mass is 10.2. The fourth-order valence-corrected chi connectivity index (χ4v) is 3.27. The van der Waals surface area contributed by atoms with Crippen LogP contribution in [0.15, 0.2) is 6.33 Å². The van der Waals surface area contributed by atoms with Crippen LogP contribution in [-0.2, 0) is 17.9 Å². The SMILES string of the molecule is CCn1ncnc1CN1CCSCC1CC(=O)O. The van der Waals surface area contributed by atoms with Gasteiger partial charge in [0.1, 0.15) is 12.2 Å². The molecule has 1 aromatic heterocycles. The van der Waals surface area contributed by atoms with Crippen LogP contribution in [0, 0.1) is 0 Å². The Morgan fingerprint density at radius 3 is 3.22 bits per heavy atom. The lowest BCUT2D eigenvalue weighted by Gasteiger charge is -2.34. The Bertz CT molecular complexity index is 410. The van der Waals surface area contributed by atoms with Crippen LogP contribution in [0.1, 0.15) is 19.2 Å². The highest BCUT2D eigenvalue weighted by Gasteiger charge is 2.26. The summed E-state index contributed by atoms with van der Waals surface area (Å²) in [5, 5.41) is 13.1. The number of thioether (sulfide) groups is 1. The first-order chi connectivity index (χ1) is 8.70. The molecule has 1 aromatic rings. The van der Waals surface area contributed by atoms with E-state index in [1.807, 2.05) is 23.4 Å². The first-order valence-corrected chi connectivity index (χ1v) is 7.26. The minimum Gasteiger partial charge on any atom is -0.481 e. The summed E-state index contributed by atoms with van der Waals surface area (Å²) >= 11 is 1.82. The van der Waals surface area contributed by atoms with Gasteiger partial charge in [-0.3, -0.25) is 9.69 Å². The Kier molecular flexibility index (Phi) is 4.60. The van der Waals surface area contributed by atoms with E-state index in [0.29, 0.717) is 6.54 Å². The van der Waals surface area contributed by atoms with E-state index in [2.05, 4.69) is 15.0 Å². The van der Waals surface area contributed by atoms with Crippen LogP contribution < -0.4 is 0 Å². The molecule has 1 aliphatic heterocycles. The van der Waals surface area contributed by atoms with Crippen LogP contribution in [-0.4, -0.2) is 54.8 Å². The molecule has 0 radical (unpaired) electrons. The topological polar surface area (TPSA) is 71.2 Å². The van der Waals surface area contributed by atoms with Crippen molar-refractivity contribution in [2.24, 2.45) is 0 Å². The zero-order valence-corrected chi connectivity index (χ0v) is 11.3. The predicted octanol–water partition coefficient (Wildman–Crippen LogP) is 0.690. The van der Waals surface area contributed by atoms with Gasteiger partial charge in [-0.05, 0) is 6.92 Å². The maximum absolute atomic E-state index is 10.9. The van der Waals surface area contributed by atoms with Crippen LogP contribution in [0.2, 0.25) is 0 Å². The van der Waals surface area contributed by atoms with Gasteiger partial charge in [0, 0.05) is 30.6 Å². The van der Waals surface area contributed by atoms with Crippen molar-refractivity contribution in [2.45, 2.75) is 32.5 Å². The third-order valence-corrected chi connectivity index (χ3v) is 4.19. The Hall–Kier alpha value is -1.08. The molecule has 2 heterocycles. The van der Waals surface area contributed by atoms with Crippen molar-refractivity contribution in [3.63, 3.8) is 0 Å². The van der Waals surface area contributed by atoms with E-state index in [9.17, 15) is 4.79 Å². The number of rotatable bonds is 5. The summed E-state index contributed by atoms with van der Waals surface area (Å²) in [4.78, 5) is 17.3. The summed E-state index contributed by atoms with van der Waals surface area (Å²) in [5.41, 5.74) is 0. The Labute approximate surface area is 110 Å². The number of carbonyl (C=O) groups is 1. The van der Waals surface area contributed by atoms with Crippen LogP contribution in [0.3, 0.4) is 0 Å². The van der Waals surface area contributed by atoms with Gasteiger partial charge in [0.25, 0.3) is 0 Å². The molecule has 1 aliphatic rings. The maximum atomic E-state index is 10.9. The lowest BCUT2D eigenvalue weighted by molar-refractivity contribution is -0.138. The summed E-state index contributed by atoms with van der Waals surface area (Å²) in [6.07, 6.45) is 1.76. The minimum atomic E-state index is -0.732. The van der Waals surface area contributed by atoms with Crippen LogP contribution in [0.5, 0.6) is 0 Å². The number of aliphatic carboxylic acids is 1. The van der Waals surface area contributed by atoms with E-state index in [-0.39, 0.29) is 12.5 Å². The van der Waals surface area contributed by atoms with Crippen molar-refractivity contribution in [3.05, 3.63) is 12.2 Å². The van der Waals surface area contributed by atoms with Crippen molar-refractivity contribution >= 4 is 17.7 Å². The van der Waals surface area contributed by atoms with E-state index >= 15 is 0 Å². The molecule has 0 saturated carbocycles. The van der Waals surface area contributed by atoms with Crippen molar-refractivity contribution in [1.82, 2.24) is 19.7 Å². The number of hydrogen-bond acceptors (Lipinski definition) is 5. The van der Waals surface area contributed by atoms with E-state index in [1.165, 1.54) is 0 Å². The largest absolute Gasteiger partial charge is 0.481 e. The first kappa shape index (κ1) is 13.4. The zero-order valence-electron chi connectivity index (χ0n) is 10.4. The van der Waals surface area contributed by atoms with E-state index < -0.39 is 5.97 Å². The van der Waals surface area contributed by atoms with Gasteiger partial charge < -0.3 is 5.11 Å². The molecular weight excluding hydrogens is 252 g/mol. The first-order valence-electron chi connectivity index (χ1n) is 6.11. The van der Waals surface area contributed by atoms with E-state index in [0.717, 1.165) is 30.4 Å². The molecule has 1 fully saturated rings. The van der Waals surface area contributed by atoms with Gasteiger partial charge in [0.15, 0.2) is 0 Å². The van der Waals surface area contributed by atoms with Crippen molar-refractivity contribution < 1.29 is 9.90 Å². The third-order valence-electron chi connectivity index (χ3n) is 3.10. The molecule has 18 heavy (non-hydrogen) atoms. The molecule has 1 unspecified atom stereocenters. The zero-order chi connectivity index (χ0) is 13.0. The summed E-state index contributed by atoms with van der Waals surface area (Å²) in [7, 11) is 0. The number of aromatic nitrogens is 3. The number of carboxylic acid groups (broad SMARTS) is 1. The summed E-state index contributed by atoms with van der Waals surface area (Å²) < 4.78 is 1.86. The van der Waals surface area contributed by atoms with Crippen LogP contribution >= 0.6 is 11.8 Å². The molecule has 2 rings (SSSR count). The second-order valence-electron chi connectivity index (χ2n) is 4.29. The quantitative estimate of drug-likeness (QED) is 0.849. The highest BCUT2D eigenvalue weighted by Crippen LogP contribution is 2.20. The molecule has 1 saturated heterocycles. The van der Waals surface area contributed by atoms with E-state index in [1.54, 1.807) is 6.33 Å². The smallest absolute Gasteiger partial charge is 0.304 e. The predicted molar refractivity (Wildman–Crippen MR) is 69.5 cm³/mol. The molecule has 0 aliphatic carbocycles. The van der Waals surface area contributed by atoms with Crippen molar-refractivity contribution in [1.29, 1.82) is 0 Å². The average Bonchev–Trinajstić information content (AvgIpc) is 2.78. The second kappa shape index (κ2) is 6.19. The Balaban J connectivity index is 2.03. The van der Waals surface area contributed by atoms with Gasteiger partial charge in [0.05, 0.1) is 13.0 Å². The van der Waals surface area contributed by atoms with Gasteiger partial charge in [0.2, 0.25) is 0 Å². The normalized spacial score (nSPS) is 21.1. The summed E-state index contributed by atoms with van der Waals surface area (Å²) in [6, 6.07) is 0.100. The molecular formula is C11H18N4O2S. The standard InChI is InChI=1S/C11H18N4O2S/c1-2-15-10(12-8-13-15)6-14-3-4-18-7-9(14)5-11(16)17/h8-9H,2-7H2,1H3,(H,16,17). The summed E-state index contributed by atoms with van der Waals surface area (Å²) in [6.45, 7) is 4.42. The number of nitrogens with zero attached hydrogens (tertiary/aromatic N) is 4. The number of aryl methyl sites for hydroxylation is 1. The number of carboxylic acids is 1. The lowest BCUT2D eigenvalue weighted by Crippen LogP contribution is -2.43. The molecule has 100 valence electrons. The van der Waals surface area contributed by atoms with Crippen molar-refractivity contribution in [3.8, 4) is 0 Å². The van der Waals surface area contributed by atoms with Crippen LogP contribution in [0.25, 0.3) is 0 Å². The van der Waals surface area contributed by atoms with Gasteiger partial charge in [-0.1, -0.05) is 0 Å². The fourth-order valence-electron chi connectivity index (χ4n) is 2.14. The second-order valence-corrected chi connectivity index (χ2v) is 5.44. The third kappa shape index (κ3) is 3.23. The van der Waals surface area contributed by atoms with E-state index in [4.69, 9.17) is 5.11 Å². The molecule has 1 atom stereocenters. The average molecular weight is 270 g/mol. The van der Waals surface area contributed by atoms with Crippen LogP contribution in [0.4, 0.5) is 0 Å². The summed E-state index contributed by atoms with van der Waals surface area (Å²) in [5.74, 6) is 2.12. The Morgan fingerprint density at radius 2 is 2.50 bits per heavy atom. The van der Waals surface area contributed by atoms with Gasteiger partial charge in [-0.25, -0.2) is 9.67 Å². The maximum Gasteiger partial charge on any atom is 0.304 e. The van der Waals surface area contributed by atoms with Gasteiger partial charge in [-0.15, -0.1) is 0 Å². The van der Waals surface area contributed by atoms with Gasteiger partial charge >= 0.3 is 5.97 Å². The number of hydrogen-bond donors (Lipinski definition) is 1. The monoisotopic (exact) mass is 270 g/mol. The van der Waals surface area contributed by atoms with Crippen molar-refractivity contribution in [2.75, 3.05) is 18.1 Å². The Morgan fingerprint density at radius 1 is 1.67 bits per heavy atom. The molecule has 0 bridgehead atoms. The highest BCUT2D eigenvalue weighted by atomic mass is 32.2. The van der Waals surface area contributed by atoms with Gasteiger partial charge in [-0.2, -0.15) is 16.9 Å². The minimum absolute atomic E-state index is 0.100. The molecule has 7 heteroatoms. The molecule has 6 nitrogen and oxygen atoms in total. The fraction of sp³-hybridized carbons (Fsp3) is 0.727.